The van der Waals surface area contributed by atoms with Gasteiger partial charge in [0.15, 0.2) is 0 Å². The molecule has 1 heterocycles. The number of furan rings is 1. The van der Waals surface area contributed by atoms with E-state index in [-0.39, 0.29) is 5.91 Å². The molecule has 0 fully saturated rings. The van der Waals surface area contributed by atoms with Gasteiger partial charge in [0.05, 0.1) is 12.7 Å². The first-order chi connectivity index (χ1) is 11.1. The van der Waals surface area contributed by atoms with Gasteiger partial charge in [-0.15, -0.1) is 0 Å². The van der Waals surface area contributed by atoms with Crippen molar-refractivity contribution < 1.29 is 9.21 Å². The summed E-state index contributed by atoms with van der Waals surface area (Å²) in [5.74, 6) is 0.0924. The number of hydrogen-bond donors (Lipinski definition) is 0. The van der Waals surface area contributed by atoms with Gasteiger partial charge in [0.1, 0.15) is 5.58 Å². The third kappa shape index (κ3) is 3.14. The van der Waals surface area contributed by atoms with Crippen molar-refractivity contribution in [1.29, 1.82) is 0 Å². The Morgan fingerprint density at radius 2 is 1.83 bits per heavy atom. The minimum absolute atomic E-state index is 0.0924. The van der Waals surface area contributed by atoms with Gasteiger partial charge in [-0.25, -0.2) is 0 Å². The van der Waals surface area contributed by atoms with Gasteiger partial charge in [0.2, 0.25) is 5.91 Å². The normalized spacial score (nSPS) is 10.9. The highest BCUT2D eigenvalue weighted by atomic mass is 16.3. The van der Waals surface area contributed by atoms with Crippen LogP contribution in [0.3, 0.4) is 0 Å². The molecule has 0 bridgehead atoms. The van der Waals surface area contributed by atoms with Crippen molar-refractivity contribution >= 4 is 16.9 Å². The Kier molecular flexibility index (Phi) is 4.20. The van der Waals surface area contributed by atoms with Crippen LogP contribution in [0.2, 0.25) is 0 Å². The topological polar surface area (TPSA) is 33.5 Å². The Bertz CT molecular complexity index is 833. The SMILES string of the molecule is Cc1ccc2c(CC(=O)N(C)Cc3ccccc3)coc2c1C. The molecule has 1 aromatic heterocycles. The Hall–Kier alpha value is -2.55. The average molecular weight is 307 g/mol. The van der Waals surface area contributed by atoms with Crippen LogP contribution >= 0.6 is 0 Å². The fourth-order valence-electron chi connectivity index (χ4n) is 2.77. The molecule has 2 aromatic carbocycles. The predicted molar refractivity (Wildman–Crippen MR) is 92.3 cm³/mol. The first kappa shape index (κ1) is 15.3. The van der Waals surface area contributed by atoms with Crippen molar-refractivity contribution in [3.05, 3.63) is 71.0 Å². The van der Waals surface area contributed by atoms with Gasteiger partial charge in [-0.2, -0.15) is 0 Å². The van der Waals surface area contributed by atoms with Crippen LogP contribution < -0.4 is 0 Å². The summed E-state index contributed by atoms with van der Waals surface area (Å²) in [4.78, 5) is 14.3. The largest absolute Gasteiger partial charge is 0.464 e. The second-order valence-corrected chi connectivity index (χ2v) is 6.06. The van der Waals surface area contributed by atoms with E-state index in [9.17, 15) is 4.79 Å². The number of aryl methyl sites for hydroxylation is 2. The van der Waals surface area contributed by atoms with Gasteiger partial charge in [0, 0.05) is 24.5 Å². The van der Waals surface area contributed by atoms with E-state index in [1.807, 2.05) is 50.4 Å². The van der Waals surface area contributed by atoms with Crippen molar-refractivity contribution in [3.63, 3.8) is 0 Å². The molecule has 0 saturated heterocycles. The molecule has 0 aliphatic heterocycles. The molecule has 0 saturated carbocycles. The van der Waals surface area contributed by atoms with Gasteiger partial charge in [-0.05, 0) is 30.5 Å². The molecule has 118 valence electrons. The van der Waals surface area contributed by atoms with Crippen LogP contribution in [0.1, 0.15) is 22.3 Å². The molecule has 0 spiro atoms. The second kappa shape index (κ2) is 6.29. The number of fused-ring (bicyclic) bond motifs is 1. The van der Waals surface area contributed by atoms with E-state index in [1.54, 1.807) is 11.2 Å². The molecule has 3 nitrogen and oxygen atoms in total. The zero-order valence-corrected chi connectivity index (χ0v) is 13.8. The van der Waals surface area contributed by atoms with Gasteiger partial charge in [-0.3, -0.25) is 4.79 Å². The molecule has 3 rings (SSSR count). The minimum Gasteiger partial charge on any atom is -0.464 e. The highest BCUT2D eigenvalue weighted by Gasteiger charge is 2.15. The van der Waals surface area contributed by atoms with E-state index in [1.165, 1.54) is 5.56 Å². The molecule has 1 amide bonds. The van der Waals surface area contributed by atoms with E-state index < -0.39 is 0 Å². The minimum atomic E-state index is 0.0924. The molecule has 0 atom stereocenters. The zero-order valence-electron chi connectivity index (χ0n) is 13.8. The number of nitrogens with zero attached hydrogens (tertiary/aromatic N) is 1. The first-order valence-electron chi connectivity index (χ1n) is 7.80. The van der Waals surface area contributed by atoms with Crippen LogP contribution in [0, 0.1) is 13.8 Å². The van der Waals surface area contributed by atoms with Crippen LogP contribution in [0.25, 0.3) is 11.0 Å². The van der Waals surface area contributed by atoms with Crippen LogP contribution in [-0.4, -0.2) is 17.9 Å². The van der Waals surface area contributed by atoms with Gasteiger partial charge >= 0.3 is 0 Å². The molecule has 23 heavy (non-hydrogen) atoms. The van der Waals surface area contributed by atoms with E-state index in [0.29, 0.717) is 13.0 Å². The average Bonchev–Trinajstić information content (AvgIpc) is 2.95. The summed E-state index contributed by atoms with van der Waals surface area (Å²) in [5.41, 5.74) is 5.31. The van der Waals surface area contributed by atoms with Crippen molar-refractivity contribution in [3.8, 4) is 0 Å². The number of likely N-dealkylation sites (N-methyl/N-ethyl adjacent to an activating group) is 1. The molecule has 0 N–H and O–H groups in total. The van der Waals surface area contributed by atoms with Crippen LogP contribution in [0.4, 0.5) is 0 Å². The zero-order chi connectivity index (χ0) is 16.4. The van der Waals surface area contributed by atoms with Crippen LogP contribution in [0.15, 0.2) is 53.1 Å². The smallest absolute Gasteiger partial charge is 0.227 e. The van der Waals surface area contributed by atoms with Gasteiger partial charge < -0.3 is 9.32 Å². The van der Waals surface area contributed by atoms with Crippen molar-refractivity contribution in [1.82, 2.24) is 4.90 Å². The molecule has 0 aliphatic rings. The third-order valence-corrected chi connectivity index (χ3v) is 4.37. The lowest BCUT2D eigenvalue weighted by Gasteiger charge is -2.17. The maximum atomic E-state index is 12.5. The highest BCUT2D eigenvalue weighted by molar-refractivity contribution is 5.89. The molecule has 0 unspecified atom stereocenters. The summed E-state index contributed by atoms with van der Waals surface area (Å²) in [6, 6.07) is 14.1. The van der Waals surface area contributed by atoms with Crippen molar-refractivity contribution in [2.24, 2.45) is 0 Å². The lowest BCUT2D eigenvalue weighted by molar-refractivity contribution is -0.129. The monoisotopic (exact) mass is 307 g/mol. The highest BCUT2D eigenvalue weighted by Crippen LogP contribution is 2.27. The summed E-state index contributed by atoms with van der Waals surface area (Å²) in [5, 5.41) is 1.04. The molecule has 3 heteroatoms. The summed E-state index contributed by atoms with van der Waals surface area (Å²) < 4.78 is 5.69. The van der Waals surface area contributed by atoms with Crippen molar-refractivity contribution in [2.45, 2.75) is 26.8 Å². The maximum Gasteiger partial charge on any atom is 0.227 e. The summed E-state index contributed by atoms with van der Waals surface area (Å²) in [6.45, 7) is 4.73. The summed E-state index contributed by atoms with van der Waals surface area (Å²) in [7, 11) is 1.84. The molecule has 0 aliphatic carbocycles. The maximum absolute atomic E-state index is 12.5. The molecular formula is C20H21NO2. The quantitative estimate of drug-likeness (QED) is 0.722. The Labute approximate surface area is 136 Å². The number of benzene rings is 2. The number of rotatable bonds is 4. The van der Waals surface area contributed by atoms with Crippen molar-refractivity contribution in [2.75, 3.05) is 7.05 Å². The van der Waals surface area contributed by atoms with Gasteiger partial charge in [-0.1, -0.05) is 42.5 Å². The Morgan fingerprint density at radius 1 is 1.09 bits per heavy atom. The fourth-order valence-corrected chi connectivity index (χ4v) is 2.77. The standard InChI is InChI=1S/C20H21NO2/c1-14-9-10-18-17(13-23-20(18)15(14)2)11-19(22)21(3)12-16-7-5-4-6-8-16/h4-10,13H,11-12H2,1-3H3. The number of carbonyl (C=O) groups excluding carboxylic acids is 1. The predicted octanol–water partition coefficient (Wildman–Crippen LogP) is 4.25. The number of carbonyl (C=O) groups is 1. The van der Waals surface area contributed by atoms with Crippen LogP contribution in [-0.2, 0) is 17.8 Å². The van der Waals surface area contributed by atoms with E-state index in [0.717, 1.165) is 27.7 Å². The third-order valence-electron chi connectivity index (χ3n) is 4.37. The second-order valence-electron chi connectivity index (χ2n) is 6.06. The number of amides is 1. The lowest BCUT2D eigenvalue weighted by Crippen LogP contribution is -2.27. The van der Waals surface area contributed by atoms with E-state index in [4.69, 9.17) is 4.42 Å². The lowest BCUT2D eigenvalue weighted by atomic mass is 10.0. The molecule has 0 radical (unpaired) electrons. The van der Waals surface area contributed by atoms with E-state index >= 15 is 0 Å². The summed E-state index contributed by atoms with van der Waals surface area (Å²) in [6.07, 6.45) is 2.07. The fraction of sp³-hybridized carbons (Fsp3) is 0.250. The van der Waals surface area contributed by atoms with E-state index in [2.05, 4.69) is 13.0 Å². The summed E-state index contributed by atoms with van der Waals surface area (Å²) >= 11 is 0. The van der Waals surface area contributed by atoms with Crippen LogP contribution in [0.5, 0.6) is 0 Å². The first-order valence-corrected chi connectivity index (χ1v) is 7.80. The van der Waals surface area contributed by atoms with Gasteiger partial charge in [0.25, 0.3) is 0 Å². The Balaban J connectivity index is 1.76. The Morgan fingerprint density at radius 3 is 2.57 bits per heavy atom. The molecule has 3 aromatic rings. The molecular weight excluding hydrogens is 286 g/mol. The number of hydrogen-bond acceptors (Lipinski definition) is 2.